The smallest absolute Gasteiger partial charge is 0.0768 e. The van der Waals surface area contributed by atoms with Crippen LogP contribution in [-0.4, -0.2) is 0 Å². The van der Waals surface area contributed by atoms with Crippen molar-refractivity contribution in [1.82, 2.24) is 5.32 Å². The van der Waals surface area contributed by atoms with E-state index in [1.807, 2.05) is 0 Å². The molecule has 0 bridgehead atoms. The molecule has 1 nitrogen and oxygen atoms in total. The summed E-state index contributed by atoms with van der Waals surface area (Å²) in [4.78, 5) is 0. The van der Waals surface area contributed by atoms with Gasteiger partial charge in [-0.15, -0.1) is 0 Å². The highest BCUT2D eigenvalue weighted by molar-refractivity contribution is 5.60. The molecule has 0 aromatic heterocycles. The zero-order chi connectivity index (χ0) is 13.4. The van der Waals surface area contributed by atoms with Gasteiger partial charge in [0, 0.05) is 0 Å². The summed E-state index contributed by atoms with van der Waals surface area (Å²) in [5, 5.41) is 3.48. The van der Waals surface area contributed by atoms with Gasteiger partial charge in [0.1, 0.15) is 0 Å². The van der Waals surface area contributed by atoms with Gasteiger partial charge in [0.05, 0.1) is 6.04 Å². The molecule has 0 fully saturated rings. The highest BCUT2D eigenvalue weighted by atomic mass is 14.9. The number of hydrogen-bond acceptors (Lipinski definition) is 1. The Balaban J connectivity index is 2.10. The van der Waals surface area contributed by atoms with Crippen LogP contribution in [0.25, 0.3) is 6.08 Å². The van der Waals surface area contributed by atoms with E-state index in [9.17, 15) is 0 Å². The lowest BCUT2D eigenvalue weighted by molar-refractivity contribution is 0.719. The summed E-state index contributed by atoms with van der Waals surface area (Å²) in [6.45, 7) is 6.46. The summed E-state index contributed by atoms with van der Waals surface area (Å²) in [5.41, 5.74) is 7.97. The second-order valence-electron chi connectivity index (χ2n) is 5.49. The summed E-state index contributed by atoms with van der Waals surface area (Å²) in [6.07, 6.45) is 4.21. The molecule has 0 radical (unpaired) electrons. The van der Waals surface area contributed by atoms with Crippen LogP contribution in [0, 0.1) is 20.8 Å². The third-order valence-corrected chi connectivity index (χ3v) is 3.66. The Labute approximate surface area is 115 Å². The molecule has 1 atom stereocenters. The first kappa shape index (κ1) is 12.0. The Morgan fingerprint density at radius 2 is 1.58 bits per heavy atom. The number of nitrogens with one attached hydrogen (secondary N) is 1. The molecule has 1 heteroatoms. The van der Waals surface area contributed by atoms with Crippen molar-refractivity contribution in [3.8, 4) is 0 Å². The van der Waals surface area contributed by atoms with Crippen molar-refractivity contribution in [2.24, 2.45) is 0 Å². The number of benzene rings is 2. The summed E-state index contributed by atoms with van der Waals surface area (Å²) in [7, 11) is 0. The molecule has 96 valence electrons. The molecule has 19 heavy (non-hydrogen) atoms. The van der Waals surface area contributed by atoms with E-state index >= 15 is 0 Å². The van der Waals surface area contributed by atoms with Gasteiger partial charge in [0.25, 0.3) is 0 Å². The Morgan fingerprint density at radius 1 is 0.842 bits per heavy atom. The van der Waals surface area contributed by atoms with Crippen LogP contribution in [0.2, 0.25) is 0 Å². The lowest BCUT2D eigenvalue weighted by Crippen LogP contribution is -2.21. The van der Waals surface area contributed by atoms with Crippen LogP contribution >= 0.6 is 0 Å². The van der Waals surface area contributed by atoms with Crippen LogP contribution < -0.4 is 5.32 Å². The molecule has 3 rings (SSSR count). The maximum Gasteiger partial charge on any atom is 0.0768 e. The third kappa shape index (κ3) is 2.28. The van der Waals surface area contributed by atoms with E-state index in [0.717, 1.165) is 0 Å². The van der Waals surface area contributed by atoms with Crippen molar-refractivity contribution in [2.45, 2.75) is 26.8 Å². The quantitative estimate of drug-likeness (QED) is 0.795. The van der Waals surface area contributed by atoms with Crippen molar-refractivity contribution >= 4 is 6.08 Å². The van der Waals surface area contributed by atoms with Crippen LogP contribution in [0.15, 0.2) is 42.6 Å². The van der Waals surface area contributed by atoms with E-state index < -0.39 is 0 Å². The minimum absolute atomic E-state index is 0.263. The number of fused-ring (bicyclic) bond motifs is 1. The van der Waals surface area contributed by atoms with Gasteiger partial charge < -0.3 is 5.32 Å². The standard InChI is InChI=1S/C18H19N/c1-12-4-5-17-15(9-12)6-7-19-18(17)16-10-13(2)8-14(3)11-16/h4-11,18-19H,1-3H3. The average molecular weight is 249 g/mol. The topological polar surface area (TPSA) is 12.0 Å². The first-order chi connectivity index (χ1) is 9.13. The molecule has 0 saturated heterocycles. The maximum atomic E-state index is 3.48. The lowest BCUT2D eigenvalue weighted by Gasteiger charge is -2.25. The minimum atomic E-state index is 0.263. The van der Waals surface area contributed by atoms with Crippen LogP contribution in [0.3, 0.4) is 0 Å². The molecule has 2 aromatic rings. The molecule has 2 aromatic carbocycles. The zero-order valence-corrected chi connectivity index (χ0v) is 11.7. The van der Waals surface area contributed by atoms with E-state index in [0.29, 0.717) is 0 Å². The Hall–Kier alpha value is -2.02. The second kappa shape index (κ2) is 4.58. The van der Waals surface area contributed by atoms with Gasteiger partial charge >= 0.3 is 0 Å². The van der Waals surface area contributed by atoms with Crippen LogP contribution in [-0.2, 0) is 0 Å². The molecular formula is C18H19N. The third-order valence-electron chi connectivity index (χ3n) is 3.66. The van der Waals surface area contributed by atoms with Crippen LogP contribution in [0.1, 0.15) is 39.4 Å². The van der Waals surface area contributed by atoms with Gasteiger partial charge in [-0.1, -0.05) is 53.1 Å². The molecular weight excluding hydrogens is 230 g/mol. The van der Waals surface area contributed by atoms with Crippen molar-refractivity contribution in [2.75, 3.05) is 0 Å². The molecule has 0 saturated carbocycles. The fraction of sp³-hybridized carbons (Fsp3) is 0.222. The van der Waals surface area contributed by atoms with E-state index in [-0.39, 0.29) is 6.04 Å². The van der Waals surface area contributed by atoms with E-state index in [2.05, 4.69) is 74.8 Å². The van der Waals surface area contributed by atoms with Gasteiger partial charge in [-0.05, 0) is 49.7 Å². The highest BCUT2D eigenvalue weighted by Gasteiger charge is 2.18. The van der Waals surface area contributed by atoms with Gasteiger partial charge in [-0.3, -0.25) is 0 Å². The molecule has 1 aliphatic heterocycles. The molecule has 0 aliphatic carbocycles. The fourth-order valence-electron chi connectivity index (χ4n) is 2.88. The van der Waals surface area contributed by atoms with E-state index in [4.69, 9.17) is 0 Å². The second-order valence-corrected chi connectivity index (χ2v) is 5.49. The molecule has 1 N–H and O–H groups in total. The van der Waals surface area contributed by atoms with Crippen molar-refractivity contribution in [3.63, 3.8) is 0 Å². The van der Waals surface area contributed by atoms with Gasteiger partial charge in [0.15, 0.2) is 0 Å². The van der Waals surface area contributed by atoms with Gasteiger partial charge in [-0.25, -0.2) is 0 Å². The summed E-state index contributed by atoms with van der Waals surface area (Å²) in [5.74, 6) is 0. The maximum absolute atomic E-state index is 3.48. The van der Waals surface area contributed by atoms with Gasteiger partial charge in [-0.2, -0.15) is 0 Å². The van der Waals surface area contributed by atoms with E-state index in [1.54, 1.807) is 0 Å². The summed E-state index contributed by atoms with van der Waals surface area (Å²) >= 11 is 0. The predicted molar refractivity (Wildman–Crippen MR) is 81.1 cm³/mol. The SMILES string of the molecule is Cc1cc(C)cc(C2NC=Cc3cc(C)ccc32)c1. The Kier molecular flexibility index (Phi) is 2.90. The molecule has 0 spiro atoms. The first-order valence-corrected chi connectivity index (χ1v) is 6.75. The molecule has 1 aliphatic rings. The van der Waals surface area contributed by atoms with Crippen LogP contribution in [0.5, 0.6) is 0 Å². The minimum Gasteiger partial charge on any atom is -0.380 e. The number of rotatable bonds is 1. The first-order valence-electron chi connectivity index (χ1n) is 6.75. The molecule has 0 amide bonds. The normalized spacial score (nSPS) is 16.9. The van der Waals surface area contributed by atoms with Crippen molar-refractivity contribution in [1.29, 1.82) is 0 Å². The van der Waals surface area contributed by atoms with Crippen molar-refractivity contribution < 1.29 is 0 Å². The average Bonchev–Trinajstić information content (AvgIpc) is 2.36. The number of aryl methyl sites for hydroxylation is 3. The monoisotopic (exact) mass is 249 g/mol. The fourth-order valence-corrected chi connectivity index (χ4v) is 2.88. The van der Waals surface area contributed by atoms with Crippen molar-refractivity contribution in [3.05, 3.63) is 76.0 Å². The van der Waals surface area contributed by atoms with Crippen LogP contribution in [0.4, 0.5) is 0 Å². The Morgan fingerprint density at radius 3 is 2.32 bits per heavy atom. The lowest BCUT2D eigenvalue weighted by atomic mass is 9.90. The van der Waals surface area contributed by atoms with E-state index in [1.165, 1.54) is 33.4 Å². The Bertz CT molecular complexity index is 632. The highest BCUT2D eigenvalue weighted by Crippen LogP contribution is 2.30. The molecule has 1 unspecified atom stereocenters. The summed E-state index contributed by atoms with van der Waals surface area (Å²) in [6, 6.07) is 13.7. The van der Waals surface area contributed by atoms with Gasteiger partial charge in [0.2, 0.25) is 0 Å². The number of hydrogen-bond donors (Lipinski definition) is 1. The molecule has 1 heterocycles. The zero-order valence-electron chi connectivity index (χ0n) is 11.7. The predicted octanol–water partition coefficient (Wildman–Crippen LogP) is 4.28. The summed E-state index contributed by atoms with van der Waals surface area (Å²) < 4.78 is 0. The largest absolute Gasteiger partial charge is 0.380 e.